The summed E-state index contributed by atoms with van der Waals surface area (Å²) in [5.41, 5.74) is 3.72. The average molecular weight is 513 g/mol. The summed E-state index contributed by atoms with van der Waals surface area (Å²) in [7, 11) is -3.74. The number of nitrogens with zero attached hydrogens (tertiary/aromatic N) is 4. The van der Waals surface area contributed by atoms with Gasteiger partial charge in [-0.15, -0.1) is 11.3 Å². The Morgan fingerprint density at radius 1 is 1.15 bits per heavy atom. The molecule has 10 heteroatoms. The van der Waals surface area contributed by atoms with E-state index in [-0.39, 0.29) is 16.7 Å². The van der Waals surface area contributed by atoms with E-state index in [1.807, 2.05) is 38.1 Å². The Hall–Kier alpha value is -2.66. The number of thiophene rings is 1. The number of carbonyl (C=O) groups excluding carboxylic acids is 1. The Balaban J connectivity index is 1.56. The quantitative estimate of drug-likeness (QED) is 0.372. The van der Waals surface area contributed by atoms with E-state index in [9.17, 15) is 13.2 Å². The molecule has 1 aliphatic rings. The summed E-state index contributed by atoms with van der Waals surface area (Å²) in [6.07, 6.45) is 2.80. The molecule has 1 unspecified atom stereocenters. The van der Waals surface area contributed by atoms with Crippen molar-refractivity contribution in [3.05, 3.63) is 70.9 Å². The Morgan fingerprint density at radius 3 is 2.68 bits per heavy atom. The molecule has 0 saturated carbocycles. The fourth-order valence-electron chi connectivity index (χ4n) is 4.24. The highest BCUT2D eigenvalue weighted by atomic mass is 32.2. The largest absolute Gasteiger partial charge is 0.281 e. The van der Waals surface area contributed by atoms with Crippen LogP contribution in [0, 0.1) is 13.8 Å². The molecule has 0 spiro atoms. The lowest BCUT2D eigenvalue weighted by atomic mass is 10.1. The third-order valence-electron chi connectivity index (χ3n) is 6.02. The molecule has 4 heterocycles. The van der Waals surface area contributed by atoms with Crippen LogP contribution < -0.4 is 4.90 Å². The molecule has 4 aromatic rings. The number of fused-ring (bicyclic) bond motifs is 1. The van der Waals surface area contributed by atoms with Gasteiger partial charge < -0.3 is 0 Å². The van der Waals surface area contributed by atoms with Gasteiger partial charge >= 0.3 is 0 Å². The predicted molar refractivity (Wildman–Crippen MR) is 136 cm³/mol. The fourth-order valence-corrected chi connectivity index (χ4v) is 8.12. The SMILES string of the molecule is Cc1ccc(C)c2sc(N(Cc3ccccn3)C(=O)C3CCCN3S(=O)(=O)c3cccs3)nc12. The van der Waals surface area contributed by atoms with Crippen LogP contribution in [0.15, 0.2) is 58.3 Å². The molecule has 7 nitrogen and oxygen atoms in total. The van der Waals surface area contributed by atoms with Crippen LogP contribution in [0.3, 0.4) is 0 Å². The first-order valence-corrected chi connectivity index (χ1v) is 14.1. The second-order valence-electron chi connectivity index (χ2n) is 8.32. The minimum absolute atomic E-state index is 0.223. The molecular weight excluding hydrogens is 488 g/mol. The Kier molecular flexibility index (Phi) is 6.24. The van der Waals surface area contributed by atoms with E-state index < -0.39 is 16.1 Å². The van der Waals surface area contributed by atoms with E-state index in [1.165, 1.54) is 27.0 Å². The van der Waals surface area contributed by atoms with Gasteiger partial charge in [-0.05, 0) is 61.4 Å². The zero-order valence-corrected chi connectivity index (χ0v) is 21.3. The third-order valence-corrected chi connectivity index (χ3v) is 10.5. The zero-order valence-electron chi connectivity index (χ0n) is 18.8. The maximum atomic E-state index is 14.0. The molecule has 1 fully saturated rings. The van der Waals surface area contributed by atoms with Crippen molar-refractivity contribution < 1.29 is 13.2 Å². The number of thiazole rings is 1. The Labute approximate surface area is 206 Å². The Bertz CT molecular complexity index is 1390. The topological polar surface area (TPSA) is 83.5 Å². The normalized spacial score (nSPS) is 16.8. The van der Waals surface area contributed by atoms with Gasteiger partial charge in [0, 0.05) is 12.7 Å². The van der Waals surface area contributed by atoms with E-state index in [4.69, 9.17) is 4.98 Å². The molecule has 0 radical (unpaired) electrons. The Morgan fingerprint density at radius 2 is 1.97 bits per heavy atom. The van der Waals surface area contributed by atoms with Crippen molar-refractivity contribution in [2.24, 2.45) is 0 Å². The minimum atomic E-state index is -3.74. The lowest BCUT2D eigenvalue weighted by molar-refractivity contribution is -0.121. The van der Waals surface area contributed by atoms with Crippen molar-refractivity contribution in [2.45, 2.75) is 43.5 Å². The van der Waals surface area contributed by atoms with Crippen LogP contribution in [0.25, 0.3) is 10.2 Å². The van der Waals surface area contributed by atoms with Crippen LogP contribution in [0.1, 0.15) is 29.7 Å². The summed E-state index contributed by atoms with van der Waals surface area (Å²) in [4.78, 5) is 24.8. The molecular formula is C24H24N4O3S3. The van der Waals surface area contributed by atoms with Gasteiger partial charge in [0.15, 0.2) is 5.13 Å². The number of aromatic nitrogens is 2. The summed E-state index contributed by atoms with van der Waals surface area (Å²) in [6, 6.07) is 12.2. The molecule has 0 N–H and O–H groups in total. The van der Waals surface area contributed by atoms with Crippen molar-refractivity contribution in [3.8, 4) is 0 Å². The molecule has 5 rings (SSSR count). The summed E-state index contributed by atoms with van der Waals surface area (Å²) in [5, 5.41) is 2.29. The molecule has 34 heavy (non-hydrogen) atoms. The predicted octanol–water partition coefficient (Wildman–Crippen LogP) is 4.76. The van der Waals surface area contributed by atoms with Gasteiger partial charge in [0.2, 0.25) is 5.91 Å². The van der Waals surface area contributed by atoms with Crippen molar-refractivity contribution >= 4 is 54.0 Å². The van der Waals surface area contributed by atoms with Crippen molar-refractivity contribution in [1.82, 2.24) is 14.3 Å². The minimum Gasteiger partial charge on any atom is -0.281 e. The molecule has 3 aromatic heterocycles. The van der Waals surface area contributed by atoms with Gasteiger partial charge in [0.1, 0.15) is 10.3 Å². The van der Waals surface area contributed by atoms with Crippen LogP contribution in [0.2, 0.25) is 0 Å². The standard InChI is InChI=1S/C24H24N4O3S3/c1-16-10-11-17(2)22-21(16)26-24(33-22)27(15-18-7-3-4-12-25-18)23(29)19-8-5-13-28(19)34(30,31)20-9-6-14-32-20/h3-4,6-7,9-12,14,19H,5,8,13,15H2,1-2H3. The second-order valence-corrected chi connectivity index (χ2v) is 12.4. The van der Waals surface area contributed by atoms with Gasteiger partial charge in [-0.25, -0.2) is 13.4 Å². The first-order chi connectivity index (χ1) is 16.4. The summed E-state index contributed by atoms with van der Waals surface area (Å²) in [5.74, 6) is -0.266. The number of aryl methyl sites for hydroxylation is 2. The van der Waals surface area contributed by atoms with Crippen LogP contribution >= 0.6 is 22.7 Å². The average Bonchev–Trinajstić information content (AvgIpc) is 3.61. The first-order valence-electron chi connectivity index (χ1n) is 11.0. The number of amides is 1. The summed E-state index contributed by atoms with van der Waals surface area (Å²) in [6.45, 7) is 4.58. The van der Waals surface area contributed by atoms with E-state index in [2.05, 4.69) is 11.1 Å². The highest BCUT2D eigenvalue weighted by Crippen LogP contribution is 2.36. The highest BCUT2D eigenvalue weighted by Gasteiger charge is 2.42. The maximum Gasteiger partial charge on any atom is 0.253 e. The van der Waals surface area contributed by atoms with E-state index in [0.717, 1.165) is 21.3 Å². The van der Waals surface area contributed by atoms with Gasteiger partial charge in [-0.1, -0.05) is 35.6 Å². The highest BCUT2D eigenvalue weighted by molar-refractivity contribution is 7.91. The maximum absolute atomic E-state index is 14.0. The second kappa shape index (κ2) is 9.18. The fraction of sp³-hybridized carbons (Fsp3) is 0.292. The number of hydrogen-bond donors (Lipinski definition) is 0. The number of rotatable bonds is 6. The molecule has 0 bridgehead atoms. The number of sulfonamides is 1. The van der Waals surface area contributed by atoms with Gasteiger partial charge in [-0.3, -0.25) is 14.7 Å². The smallest absolute Gasteiger partial charge is 0.253 e. The first kappa shape index (κ1) is 23.1. The summed E-state index contributed by atoms with van der Waals surface area (Å²) >= 11 is 2.63. The number of anilines is 1. The van der Waals surface area contributed by atoms with Crippen molar-refractivity contribution in [1.29, 1.82) is 0 Å². The summed E-state index contributed by atoms with van der Waals surface area (Å²) < 4.78 is 29.2. The lowest BCUT2D eigenvalue weighted by Crippen LogP contribution is -2.47. The van der Waals surface area contributed by atoms with E-state index in [0.29, 0.717) is 30.2 Å². The number of hydrogen-bond acceptors (Lipinski definition) is 7. The third kappa shape index (κ3) is 4.15. The van der Waals surface area contributed by atoms with E-state index >= 15 is 0 Å². The molecule has 1 amide bonds. The monoisotopic (exact) mass is 512 g/mol. The number of carbonyl (C=O) groups is 1. The zero-order chi connectivity index (χ0) is 23.9. The van der Waals surface area contributed by atoms with E-state index in [1.54, 1.807) is 28.6 Å². The molecule has 1 aromatic carbocycles. The van der Waals surface area contributed by atoms with Crippen LogP contribution in [0.4, 0.5) is 5.13 Å². The van der Waals surface area contributed by atoms with Gasteiger partial charge in [-0.2, -0.15) is 4.31 Å². The van der Waals surface area contributed by atoms with Gasteiger partial charge in [0.05, 0.1) is 22.5 Å². The van der Waals surface area contributed by atoms with Crippen LogP contribution in [-0.4, -0.2) is 41.2 Å². The lowest BCUT2D eigenvalue weighted by Gasteiger charge is -2.28. The molecule has 1 saturated heterocycles. The van der Waals surface area contributed by atoms with Crippen molar-refractivity contribution in [2.75, 3.05) is 11.4 Å². The molecule has 1 atom stereocenters. The number of pyridine rings is 1. The van der Waals surface area contributed by atoms with Crippen LogP contribution in [0.5, 0.6) is 0 Å². The molecule has 176 valence electrons. The molecule has 1 aliphatic heterocycles. The molecule has 0 aliphatic carbocycles. The van der Waals surface area contributed by atoms with Crippen LogP contribution in [-0.2, 0) is 21.4 Å². The van der Waals surface area contributed by atoms with Crippen molar-refractivity contribution in [3.63, 3.8) is 0 Å². The van der Waals surface area contributed by atoms with Gasteiger partial charge in [0.25, 0.3) is 10.0 Å². The number of benzene rings is 1.